The minimum atomic E-state index is -4.88. The van der Waals surface area contributed by atoms with E-state index in [4.69, 9.17) is 9.84 Å². The van der Waals surface area contributed by atoms with Crippen LogP contribution in [-0.4, -0.2) is 36.8 Å². The van der Waals surface area contributed by atoms with Gasteiger partial charge in [0.1, 0.15) is 11.5 Å². The Labute approximate surface area is 221 Å². The van der Waals surface area contributed by atoms with Crippen molar-refractivity contribution in [2.24, 2.45) is 7.05 Å². The van der Waals surface area contributed by atoms with Crippen LogP contribution in [0.4, 0.5) is 13.2 Å². The van der Waals surface area contributed by atoms with Gasteiger partial charge in [-0.05, 0) is 37.5 Å². The van der Waals surface area contributed by atoms with Gasteiger partial charge in [0, 0.05) is 26.3 Å². The van der Waals surface area contributed by atoms with Crippen molar-refractivity contribution < 1.29 is 27.8 Å². The van der Waals surface area contributed by atoms with Crippen LogP contribution >= 0.6 is 0 Å². The zero-order chi connectivity index (χ0) is 28.2. The SMILES string of the molecule is Cc1cccc(Cn2c(Oc3cccc(OC(F)(F)F)c3)nc3c2c(=O)n(CCCCCCO)c(=O)n3C)c1. The number of rotatable bonds is 11. The van der Waals surface area contributed by atoms with Crippen molar-refractivity contribution in [2.45, 2.75) is 52.1 Å². The molecule has 39 heavy (non-hydrogen) atoms. The van der Waals surface area contributed by atoms with Gasteiger partial charge in [-0.1, -0.05) is 48.7 Å². The lowest BCUT2D eigenvalue weighted by atomic mass is 10.1. The molecule has 4 rings (SSSR count). The number of unbranched alkanes of at least 4 members (excludes halogenated alkanes) is 3. The average Bonchev–Trinajstić information content (AvgIpc) is 3.21. The number of ether oxygens (including phenoxy) is 2. The number of imidazole rings is 1. The van der Waals surface area contributed by atoms with E-state index in [1.165, 1.54) is 28.3 Å². The minimum absolute atomic E-state index is 0.00626. The highest BCUT2D eigenvalue weighted by atomic mass is 19.4. The van der Waals surface area contributed by atoms with Gasteiger partial charge in [-0.25, -0.2) is 4.79 Å². The number of hydrogen-bond acceptors (Lipinski definition) is 6. The van der Waals surface area contributed by atoms with E-state index in [2.05, 4.69) is 9.72 Å². The molecule has 0 unspecified atom stereocenters. The molecule has 12 heteroatoms. The van der Waals surface area contributed by atoms with Crippen molar-refractivity contribution in [1.82, 2.24) is 18.7 Å². The fourth-order valence-electron chi connectivity index (χ4n) is 4.34. The molecule has 0 radical (unpaired) electrons. The predicted molar refractivity (Wildman–Crippen MR) is 138 cm³/mol. The van der Waals surface area contributed by atoms with Crippen LogP contribution < -0.4 is 20.7 Å². The first-order valence-corrected chi connectivity index (χ1v) is 12.5. The molecule has 0 atom stereocenters. The largest absolute Gasteiger partial charge is 0.573 e. The Morgan fingerprint density at radius 2 is 1.67 bits per heavy atom. The first kappa shape index (κ1) is 28.0. The molecule has 0 saturated carbocycles. The zero-order valence-electron chi connectivity index (χ0n) is 21.6. The molecule has 0 amide bonds. The lowest BCUT2D eigenvalue weighted by Crippen LogP contribution is -2.39. The molecule has 1 N–H and O–H groups in total. The van der Waals surface area contributed by atoms with Crippen molar-refractivity contribution in [3.05, 3.63) is 80.5 Å². The number of hydrogen-bond donors (Lipinski definition) is 1. The summed E-state index contributed by atoms with van der Waals surface area (Å²) in [5.74, 6) is -0.468. The molecule has 208 valence electrons. The number of nitrogens with zero attached hydrogens (tertiary/aromatic N) is 4. The number of aliphatic hydroxyl groups is 1. The van der Waals surface area contributed by atoms with Gasteiger partial charge in [-0.3, -0.25) is 18.5 Å². The number of fused-ring (bicyclic) bond motifs is 1. The number of aryl methyl sites for hydroxylation is 2. The summed E-state index contributed by atoms with van der Waals surface area (Å²) in [5.41, 5.74) is 0.959. The highest BCUT2D eigenvalue weighted by molar-refractivity contribution is 5.72. The smallest absolute Gasteiger partial charge is 0.425 e. The van der Waals surface area contributed by atoms with Crippen LogP contribution in [0, 0.1) is 6.92 Å². The number of benzene rings is 2. The van der Waals surface area contributed by atoms with E-state index >= 15 is 0 Å². The number of halogens is 3. The lowest BCUT2D eigenvalue weighted by Gasteiger charge is -2.13. The topological polar surface area (TPSA) is 101 Å². The Balaban J connectivity index is 1.80. The third kappa shape index (κ3) is 6.69. The van der Waals surface area contributed by atoms with E-state index in [9.17, 15) is 22.8 Å². The van der Waals surface area contributed by atoms with Crippen molar-refractivity contribution in [1.29, 1.82) is 0 Å². The van der Waals surface area contributed by atoms with Crippen LogP contribution in [0.3, 0.4) is 0 Å². The Morgan fingerprint density at radius 3 is 2.38 bits per heavy atom. The second-order valence-electron chi connectivity index (χ2n) is 9.20. The molecule has 9 nitrogen and oxygen atoms in total. The standard InChI is InChI=1S/C27H29F3N4O5/c1-18-9-7-10-19(15-18)17-34-22-23(32(2)26(37)33(24(22)36)13-5-3-4-6-14-35)31-25(34)38-20-11-8-12-21(16-20)39-27(28,29)30/h7-12,15-16,35H,3-6,13-14,17H2,1-2H3. The maximum atomic E-state index is 13.6. The van der Waals surface area contributed by atoms with E-state index in [-0.39, 0.29) is 42.6 Å². The second kappa shape index (κ2) is 11.8. The molecule has 2 aromatic heterocycles. The van der Waals surface area contributed by atoms with Crippen LogP contribution in [0.15, 0.2) is 58.1 Å². The van der Waals surface area contributed by atoms with E-state index in [0.717, 1.165) is 40.7 Å². The average molecular weight is 547 g/mol. The second-order valence-corrected chi connectivity index (χ2v) is 9.20. The number of alkyl halides is 3. The van der Waals surface area contributed by atoms with Gasteiger partial charge in [-0.15, -0.1) is 13.2 Å². The molecule has 2 heterocycles. The number of aliphatic hydroxyl groups excluding tert-OH is 1. The molecule has 0 aliphatic carbocycles. The van der Waals surface area contributed by atoms with Crippen molar-refractivity contribution >= 4 is 11.2 Å². The number of aromatic nitrogens is 4. The summed E-state index contributed by atoms with van der Waals surface area (Å²) in [5, 5.41) is 8.98. The molecule has 0 fully saturated rings. The monoisotopic (exact) mass is 546 g/mol. The summed E-state index contributed by atoms with van der Waals surface area (Å²) >= 11 is 0. The molecule has 0 spiro atoms. The normalized spacial score (nSPS) is 11.7. The Hall–Kier alpha value is -4.06. The van der Waals surface area contributed by atoms with Crippen LogP contribution in [0.1, 0.15) is 36.8 Å². The van der Waals surface area contributed by atoms with Gasteiger partial charge in [0.25, 0.3) is 5.56 Å². The third-order valence-corrected chi connectivity index (χ3v) is 6.16. The summed E-state index contributed by atoms with van der Waals surface area (Å²) in [4.78, 5) is 31.1. The van der Waals surface area contributed by atoms with Crippen LogP contribution in [0.5, 0.6) is 17.5 Å². The van der Waals surface area contributed by atoms with Crippen molar-refractivity contribution in [2.75, 3.05) is 6.61 Å². The van der Waals surface area contributed by atoms with E-state index in [0.29, 0.717) is 12.8 Å². The van der Waals surface area contributed by atoms with Gasteiger partial charge < -0.3 is 14.6 Å². The fourth-order valence-corrected chi connectivity index (χ4v) is 4.34. The minimum Gasteiger partial charge on any atom is -0.425 e. The van der Waals surface area contributed by atoms with Gasteiger partial charge in [0.15, 0.2) is 11.2 Å². The van der Waals surface area contributed by atoms with Gasteiger partial charge >= 0.3 is 18.1 Å². The van der Waals surface area contributed by atoms with Crippen molar-refractivity contribution in [3.8, 4) is 17.5 Å². The lowest BCUT2D eigenvalue weighted by molar-refractivity contribution is -0.274. The van der Waals surface area contributed by atoms with Crippen LogP contribution in [0.25, 0.3) is 11.2 Å². The Morgan fingerprint density at radius 1 is 0.949 bits per heavy atom. The summed E-state index contributed by atoms with van der Waals surface area (Å²) in [6, 6.07) is 12.5. The molecule has 0 aliphatic heterocycles. The first-order chi connectivity index (χ1) is 18.6. The molecule has 0 bridgehead atoms. The molecule has 0 aliphatic rings. The first-order valence-electron chi connectivity index (χ1n) is 12.5. The van der Waals surface area contributed by atoms with Crippen molar-refractivity contribution in [3.63, 3.8) is 0 Å². The third-order valence-electron chi connectivity index (χ3n) is 6.16. The molecular formula is C27H29F3N4O5. The Bertz CT molecular complexity index is 1570. The summed E-state index contributed by atoms with van der Waals surface area (Å²) in [6.07, 6.45) is -2.15. The summed E-state index contributed by atoms with van der Waals surface area (Å²) in [6.45, 7) is 2.36. The van der Waals surface area contributed by atoms with Crippen LogP contribution in [0.2, 0.25) is 0 Å². The van der Waals surface area contributed by atoms with Gasteiger partial charge in [0.2, 0.25) is 0 Å². The zero-order valence-corrected chi connectivity index (χ0v) is 21.6. The molecule has 2 aromatic carbocycles. The molecule has 0 saturated heterocycles. The quantitative estimate of drug-likeness (QED) is 0.278. The summed E-state index contributed by atoms with van der Waals surface area (Å²) < 4.78 is 52.0. The van der Waals surface area contributed by atoms with Crippen LogP contribution in [-0.2, 0) is 20.1 Å². The maximum Gasteiger partial charge on any atom is 0.573 e. The van der Waals surface area contributed by atoms with Gasteiger partial charge in [-0.2, -0.15) is 4.98 Å². The van der Waals surface area contributed by atoms with E-state index in [1.54, 1.807) is 0 Å². The molecule has 4 aromatic rings. The predicted octanol–water partition coefficient (Wildman–Crippen LogP) is 4.50. The Kier molecular flexibility index (Phi) is 8.44. The summed E-state index contributed by atoms with van der Waals surface area (Å²) in [7, 11) is 1.50. The highest BCUT2D eigenvalue weighted by Gasteiger charge is 2.31. The fraction of sp³-hybridized carbons (Fsp3) is 0.370. The van der Waals surface area contributed by atoms with E-state index < -0.39 is 23.4 Å². The van der Waals surface area contributed by atoms with E-state index in [1.807, 2.05) is 31.2 Å². The van der Waals surface area contributed by atoms with Gasteiger partial charge in [0.05, 0.1) is 6.54 Å². The highest BCUT2D eigenvalue weighted by Crippen LogP contribution is 2.30. The molecular weight excluding hydrogens is 517 g/mol. The maximum absolute atomic E-state index is 13.6.